The number of benzene rings is 2. The zero-order chi connectivity index (χ0) is 19.1. The van der Waals surface area contributed by atoms with Crippen molar-refractivity contribution >= 4 is 11.8 Å². The van der Waals surface area contributed by atoms with Gasteiger partial charge in [0.1, 0.15) is 5.69 Å². The zero-order valence-corrected chi connectivity index (χ0v) is 15.3. The van der Waals surface area contributed by atoms with Crippen molar-refractivity contribution in [3.05, 3.63) is 72.4 Å². The van der Waals surface area contributed by atoms with Gasteiger partial charge in [-0.05, 0) is 18.2 Å². The fraction of sp³-hybridized carbons (Fsp3) is 0.227. The number of hydrogen-bond acceptors (Lipinski definition) is 3. The molecule has 0 saturated carbocycles. The van der Waals surface area contributed by atoms with Crippen LogP contribution in [0.1, 0.15) is 10.5 Å². The molecule has 2 amide bonds. The van der Waals surface area contributed by atoms with E-state index in [1.54, 1.807) is 9.58 Å². The zero-order valence-electron chi connectivity index (χ0n) is 15.3. The van der Waals surface area contributed by atoms with Crippen LogP contribution < -0.4 is 5.32 Å². The van der Waals surface area contributed by atoms with E-state index >= 15 is 0 Å². The normalized spacial score (nSPS) is 20.9. The Balaban J connectivity index is 1.53. The Bertz CT molecular complexity index is 1030. The molecule has 0 aliphatic carbocycles. The molecular formula is C22H20N4O2. The molecule has 140 valence electrons. The van der Waals surface area contributed by atoms with E-state index in [0.717, 1.165) is 16.9 Å². The van der Waals surface area contributed by atoms with E-state index in [2.05, 4.69) is 5.32 Å². The van der Waals surface area contributed by atoms with Crippen LogP contribution in [0.5, 0.6) is 0 Å². The van der Waals surface area contributed by atoms with Crippen LogP contribution in [0.25, 0.3) is 16.9 Å². The van der Waals surface area contributed by atoms with E-state index in [9.17, 15) is 9.59 Å². The number of amides is 2. The maximum absolute atomic E-state index is 13.4. The average Bonchev–Trinajstić information content (AvgIpc) is 3.45. The van der Waals surface area contributed by atoms with Crippen molar-refractivity contribution in [1.29, 1.82) is 0 Å². The van der Waals surface area contributed by atoms with Crippen molar-refractivity contribution in [3.8, 4) is 16.9 Å². The lowest BCUT2D eigenvalue weighted by molar-refractivity contribution is -0.122. The van der Waals surface area contributed by atoms with Gasteiger partial charge >= 0.3 is 0 Å². The highest BCUT2D eigenvalue weighted by molar-refractivity contribution is 5.95. The third-order valence-electron chi connectivity index (χ3n) is 5.60. The monoisotopic (exact) mass is 372 g/mol. The minimum Gasteiger partial charge on any atom is -0.355 e. The van der Waals surface area contributed by atoms with Gasteiger partial charge in [0.25, 0.3) is 5.91 Å². The van der Waals surface area contributed by atoms with Crippen LogP contribution in [0.4, 0.5) is 0 Å². The van der Waals surface area contributed by atoms with Crippen molar-refractivity contribution in [3.63, 3.8) is 0 Å². The van der Waals surface area contributed by atoms with Gasteiger partial charge in [-0.3, -0.25) is 9.59 Å². The topological polar surface area (TPSA) is 67.2 Å². The van der Waals surface area contributed by atoms with Crippen LogP contribution in [0.2, 0.25) is 0 Å². The van der Waals surface area contributed by atoms with E-state index in [4.69, 9.17) is 5.10 Å². The Labute approximate surface area is 162 Å². The lowest BCUT2D eigenvalue weighted by Crippen LogP contribution is -2.34. The number of fused-ring (bicyclic) bond motifs is 1. The van der Waals surface area contributed by atoms with Crippen LogP contribution in [0.3, 0.4) is 0 Å². The highest BCUT2D eigenvalue weighted by atomic mass is 16.2. The predicted molar refractivity (Wildman–Crippen MR) is 105 cm³/mol. The van der Waals surface area contributed by atoms with E-state index in [1.807, 2.05) is 66.7 Å². The van der Waals surface area contributed by atoms with Gasteiger partial charge in [-0.2, -0.15) is 5.10 Å². The van der Waals surface area contributed by atoms with Gasteiger partial charge in [0.15, 0.2) is 0 Å². The number of carbonyl (C=O) groups excluding carboxylic acids is 2. The first kappa shape index (κ1) is 16.7. The first-order chi connectivity index (χ1) is 13.7. The third kappa shape index (κ3) is 2.78. The molecule has 2 aliphatic heterocycles. The molecule has 6 heteroatoms. The summed E-state index contributed by atoms with van der Waals surface area (Å²) in [5, 5.41) is 7.61. The minimum absolute atomic E-state index is 0.0573. The largest absolute Gasteiger partial charge is 0.355 e. The number of nitrogens with one attached hydrogen (secondary N) is 1. The summed E-state index contributed by atoms with van der Waals surface area (Å²) in [6, 6.07) is 21.3. The van der Waals surface area contributed by atoms with Crippen molar-refractivity contribution < 1.29 is 9.59 Å². The molecule has 2 aliphatic rings. The van der Waals surface area contributed by atoms with Gasteiger partial charge in [-0.1, -0.05) is 48.5 Å². The summed E-state index contributed by atoms with van der Waals surface area (Å²) < 4.78 is 1.71. The average molecular weight is 372 g/mol. The van der Waals surface area contributed by atoms with Crippen LogP contribution in [0, 0.1) is 11.8 Å². The number of rotatable bonds is 3. The molecule has 6 nitrogen and oxygen atoms in total. The molecule has 28 heavy (non-hydrogen) atoms. The van der Waals surface area contributed by atoms with Gasteiger partial charge < -0.3 is 10.2 Å². The number of aromatic nitrogens is 2. The first-order valence-corrected chi connectivity index (χ1v) is 9.48. The maximum Gasteiger partial charge on any atom is 0.272 e. The van der Waals surface area contributed by atoms with Crippen molar-refractivity contribution in [2.75, 3.05) is 19.6 Å². The summed E-state index contributed by atoms with van der Waals surface area (Å²) in [7, 11) is 0. The molecule has 0 radical (unpaired) electrons. The van der Waals surface area contributed by atoms with Gasteiger partial charge in [0.05, 0.1) is 17.3 Å². The number of para-hydroxylation sites is 1. The molecule has 0 bridgehead atoms. The van der Waals surface area contributed by atoms with Gasteiger partial charge in [0.2, 0.25) is 5.91 Å². The van der Waals surface area contributed by atoms with E-state index in [-0.39, 0.29) is 23.7 Å². The Morgan fingerprint density at radius 2 is 1.71 bits per heavy atom. The summed E-state index contributed by atoms with van der Waals surface area (Å²) >= 11 is 0. The molecule has 2 atom stereocenters. The standard InChI is InChI=1S/C22H20N4O2/c27-21-18-14-25(13-16(18)12-23-21)22(28)20-11-19(15-7-3-1-4-8-15)24-26(20)17-9-5-2-6-10-17/h1-11,16,18H,12-14H2,(H,23,27)/t16-,18+/m0/s1. The van der Waals surface area contributed by atoms with E-state index in [1.165, 1.54) is 0 Å². The van der Waals surface area contributed by atoms with Crippen LogP contribution in [-0.4, -0.2) is 46.1 Å². The summed E-state index contributed by atoms with van der Waals surface area (Å²) in [5.74, 6) is 0.0892. The molecule has 1 N–H and O–H groups in total. The summed E-state index contributed by atoms with van der Waals surface area (Å²) in [5.41, 5.74) is 3.07. The van der Waals surface area contributed by atoms with Crippen LogP contribution in [-0.2, 0) is 4.79 Å². The quantitative estimate of drug-likeness (QED) is 0.767. The SMILES string of the molecule is O=C1NC[C@H]2CN(C(=O)c3cc(-c4ccccc4)nn3-c3ccccc3)C[C@@H]12. The van der Waals surface area contributed by atoms with Gasteiger partial charge in [-0.15, -0.1) is 0 Å². The highest BCUT2D eigenvalue weighted by Crippen LogP contribution is 2.30. The second-order valence-electron chi connectivity index (χ2n) is 7.35. The highest BCUT2D eigenvalue weighted by Gasteiger charge is 2.44. The smallest absolute Gasteiger partial charge is 0.272 e. The van der Waals surface area contributed by atoms with Crippen molar-refractivity contribution in [2.45, 2.75) is 0 Å². The van der Waals surface area contributed by atoms with Gasteiger partial charge in [-0.25, -0.2) is 4.68 Å². The van der Waals surface area contributed by atoms with E-state index in [0.29, 0.717) is 25.3 Å². The maximum atomic E-state index is 13.4. The number of nitrogens with zero attached hydrogens (tertiary/aromatic N) is 3. The lowest BCUT2D eigenvalue weighted by Gasteiger charge is -2.18. The lowest BCUT2D eigenvalue weighted by atomic mass is 10.0. The summed E-state index contributed by atoms with van der Waals surface area (Å²) in [6.07, 6.45) is 0. The number of carbonyl (C=O) groups is 2. The molecule has 2 saturated heterocycles. The Morgan fingerprint density at radius 3 is 2.43 bits per heavy atom. The second-order valence-corrected chi connectivity index (χ2v) is 7.35. The molecule has 3 aromatic rings. The molecule has 1 aromatic heterocycles. The molecule has 2 aromatic carbocycles. The number of likely N-dealkylation sites (tertiary alicyclic amines) is 1. The van der Waals surface area contributed by atoms with Gasteiger partial charge in [0, 0.05) is 31.1 Å². The minimum atomic E-state index is -0.0920. The Morgan fingerprint density at radius 1 is 1.00 bits per heavy atom. The Hall–Kier alpha value is -3.41. The fourth-order valence-corrected chi connectivity index (χ4v) is 4.12. The molecule has 3 heterocycles. The van der Waals surface area contributed by atoms with Crippen LogP contribution >= 0.6 is 0 Å². The van der Waals surface area contributed by atoms with Crippen molar-refractivity contribution in [2.24, 2.45) is 11.8 Å². The van der Waals surface area contributed by atoms with Crippen molar-refractivity contribution in [1.82, 2.24) is 20.0 Å². The first-order valence-electron chi connectivity index (χ1n) is 9.48. The molecule has 0 unspecified atom stereocenters. The molecule has 0 spiro atoms. The summed E-state index contributed by atoms with van der Waals surface area (Å²) in [6.45, 7) is 1.72. The Kier molecular flexibility index (Phi) is 3.97. The molecular weight excluding hydrogens is 352 g/mol. The second kappa shape index (κ2) is 6.64. The third-order valence-corrected chi connectivity index (χ3v) is 5.60. The predicted octanol–water partition coefficient (Wildman–Crippen LogP) is 2.36. The van der Waals surface area contributed by atoms with Crippen LogP contribution in [0.15, 0.2) is 66.7 Å². The molecule has 2 fully saturated rings. The molecule has 5 rings (SSSR count). The fourth-order valence-electron chi connectivity index (χ4n) is 4.12. The number of hydrogen-bond donors (Lipinski definition) is 1. The summed E-state index contributed by atoms with van der Waals surface area (Å²) in [4.78, 5) is 27.1. The van der Waals surface area contributed by atoms with E-state index < -0.39 is 0 Å².